The van der Waals surface area contributed by atoms with Crippen LogP contribution in [0.2, 0.25) is 0 Å². The summed E-state index contributed by atoms with van der Waals surface area (Å²) < 4.78 is 42.6. The second-order valence-electron chi connectivity index (χ2n) is 3.66. The fourth-order valence-electron chi connectivity index (χ4n) is 1.26. The minimum Gasteiger partial charge on any atom is -0.421 e. The predicted octanol–water partition coefficient (Wildman–Crippen LogP) is 1.78. The molecule has 0 unspecified atom stereocenters. The molecule has 1 aromatic carbocycles. The van der Waals surface area contributed by atoms with Crippen molar-refractivity contribution in [2.24, 2.45) is 0 Å². The highest BCUT2D eigenvalue weighted by Crippen LogP contribution is 2.21. The second-order valence-corrected chi connectivity index (χ2v) is 5.41. The molecule has 2 rings (SSSR count). The Morgan fingerprint density at radius 2 is 1.84 bits per heavy atom. The molecule has 2 aromatic rings. The second kappa shape index (κ2) is 5.19. The smallest absolute Gasteiger partial charge is 0.322 e. The van der Waals surface area contributed by atoms with E-state index in [0.717, 1.165) is 6.26 Å². The van der Waals surface area contributed by atoms with E-state index in [9.17, 15) is 12.8 Å². The van der Waals surface area contributed by atoms with Crippen LogP contribution in [0.15, 0.2) is 36.7 Å². The van der Waals surface area contributed by atoms with Crippen molar-refractivity contribution in [2.45, 2.75) is 0 Å². The van der Waals surface area contributed by atoms with Crippen LogP contribution in [0.1, 0.15) is 0 Å². The fourth-order valence-corrected chi connectivity index (χ4v) is 1.80. The van der Waals surface area contributed by atoms with Gasteiger partial charge in [-0.3, -0.25) is 4.72 Å². The first-order valence-electron chi connectivity index (χ1n) is 5.16. The lowest BCUT2D eigenvalue weighted by molar-refractivity contribution is 0.411. The van der Waals surface area contributed by atoms with Crippen molar-refractivity contribution in [3.8, 4) is 11.8 Å². The molecule has 0 aliphatic heterocycles. The maximum absolute atomic E-state index is 13.3. The standard InChI is InChI=1S/C11H10FN3O3S/c1-19(16,17)15-8-6-13-11(14-7-8)18-10-5-3-2-4-9(10)12/h2-7,15H,1H3. The average molecular weight is 283 g/mol. The number of para-hydroxylation sites is 1. The van der Waals surface area contributed by atoms with Crippen molar-refractivity contribution in [1.29, 1.82) is 0 Å². The highest BCUT2D eigenvalue weighted by molar-refractivity contribution is 7.92. The Bertz CT molecular complexity index is 674. The van der Waals surface area contributed by atoms with Crippen LogP contribution in [0.25, 0.3) is 0 Å². The van der Waals surface area contributed by atoms with Gasteiger partial charge in [-0.05, 0) is 12.1 Å². The molecular weight excluding hydrogens is 273 g/mol. The van der Waals surface area contributed by atoms with Crippen molar-refractivity contribution in [2.75, 3.05) is 11.0 Å². The predicted molar refractivity (Wildman–Crippen MR) is 67.0 cm³/mol. The molecule has 0 saturated carbocycles. The number of anilines is 1. The Morgan fingerprint density at radius 3 is 2.42 bits per heavy atom. The maximum Gasteiger partial charge on any atom is 0.322 e. The van der Waals surface area contributed by atoms with Gasteiger partial charge in [-0.1, -0.05) is 12.1 Å². The SMILES string of the molecule is CS(=O)(=O)Nc1cnc(Oc2ccccc2F)nc1. The molecule has 1 aromatic heterocycles. The molecule has 8 heteroatoms. The first kappa shape index (κ1) is 13.2. The van der Waals surface area contributed by atoms with E-state index in [4.69, 9.17) is 4.74 Å². The van der Waals surface area contributed by atoms with Crippen LogP contribution in [0.4, 0.5) is 10.1 Å². The van der Waals surface area contributed by atoms with Crippen LogP contribution in [0.3, 0.4) is 0 Å². The molecule has 0 amide bonds. The van der Waals surface area contributed by atoms with Gasteiger partial charge in [0.25, 0.3) is 0 Å². The topological polar surface area (TPSA) is 81.2 Å². The Morgan fingerprint density at radius 1 is 1.21 bits per heavy atom. The number of hydrogen-bond donors (Lipinski definition) is 1. The number of sulfonamides is 1. The van der Waals surface area contributed by atoms with Gasteiger partial charge in [-0.15, -0.1) is 0 Å². The number of nitrogens with zero attached hydrogens (tertiary/aromatic N) is 2. The summed E-state index contributed by atoms with van der Waals surface area (Å²) >= 11 is 0. The normalized spacial score (nSPS) is 11.1. The fraction of sp³-hybridized carbons (Fsp3) is 0.0909. The number of rotatable bonds is 4. The zero-order chi connectivity index (χ0) is 13.9. The maximum atomic E-state index is 13.3. The van der Waals surface area contributed by atoms with Gasteiger partial charge in [-0.25, -0.2) is 22.8 Å². The lowest BCUT2D eigenvalue weighted by Gasteiger charge is -2.06. The van der Waals surface area contributed by atoms with Gasteiger partial charge in [0, 0.05) is 0 Å². The number of nitrogens with one attached hydrogen (secondary N) is 1. The van der Waals surface area contributed by atoms with E-state index >= 15 is 0 Å². The van der Waals surface area contributed by atoms with Crippen molar-refractivity contribution in [1.82, 2.24) is 9.97 Å². The summed E-state index contributed by atoms with van der Waals surface area (Å²) in [5, 5.41) is 0. The quantitative estimate of drug-likeness (QED) is 0.925. The average Bonchev–Trinajstić information content (AvgIpc) is 2.33. The van der Waals surface area contributed by atoms with Crippen LogP contribution < -0.4 is 9.46 Å². The third kappa shape index (κ3) is 3.88. The molecule has 0 aliphatic rings. The molecule has 1 N–H and O–H groups in total. The zero-order valence-corrected chi connectivity index (χ0v) is 10.7. The van der Waals surface area contributed by atoms with Crippen molar-refractivity contribution in [3.63, 3.8) is 0 Å². The van der Waals surface area contributed by atoms with Gasteiger partial charge < -0.3 is 4.74 Å². The van der Waals surface area contributed by atoms with Gasteiger partial charge in [-0.2, -0.15) is 0 Å². The summed E-state index contributed by atoms with van der Waals surface area (Å²) in [5.41, 5.74) is 0.198. The monoisotopic (exact) mass is 283 g/mol. The summed E-state index contributed by atoms with van der Waals surface area (Å²) in [6.07, 6.45) is 3.46. The van der Waals surface area contributed by atoms with E-state index in [1.165, 1.54) is 30.6 Å². The lowest BCUT2D eigenvalue weighted by atomic mass is 10.3. The van der Waals surface area contributed by atoms with E-state index in [1.807, 2.05) is 0 Å². The summed E-state index contributed by atoms with van der Waals surface area (Å²) in [6, 6.07) is 5.74. The molecule has 0 spiro atoms. The van der Waals surface area contributed by atoms with E-state index in [-0.39, 0.29) is 17.4 Å². The molecule has 6 nitrogen and oxygen atoms in total. The highest BCUT2D eigenvalue weighted by atomic mass is 32.2. The first-order valence-corrected chi connectivity index (χ1v) is 7.05. The largest absolute Gasteiger partial charge is 0.421 e. The van der Waals surface area contributed by atoms with Crippen LogP contribution in [0, 0.1) is 5.82 Å². The number of benzene rings is 1. The molecule has 19 heavy (non-hydrogen) atoms. The van der Waals surface area contributed by atoms with Gasteiger partial charge in [0.2, 0.25) is 10.0 Å². The molecule has 0 atom stereocenters. The minimum absolute atomic E-state index is 0.00803. The third-order valence-corrected chi connectivity index (χ3v) is 2.58. The van der Waals surface area contributed by atoms with Gasteiger partial charge >= 0.3 is 6.01 Å². The van der Waals surface area contributed by atoms with E-state index in [1.54, 1.807) is 6.07 Å². The van der Waals surface area contributed by atoms with Gasteiger partial charge in [0.1, 0.15) is 0 Å². The first-order chi connectivity index (χ1) is 8.94. The number of ether oxygens (including phenoxy) is 1. The van der Waals surface area contributed by atoms with Gasteiger partial charge in [0.05, 0.1) is 24.3 Å². The number of halogens is 1. The summed E-state index contributed by atoms with van der Waals surface area (Å²) in [5.74, 6) is -0.546. The Hall–Kier alpha value is -2.22. The van der Waals surface area contributed by atoms with Crippen LogP contribution in [-0.2, 0) is 10.0 Å². The summed E-state index contributed by atoms with van der Waals surface area (Å²) in [4.78, 5) is 7.54. The van der Waals surface area contributed by atoms with Crippen molar-refractivity contribution >= 4 is 15.7 Å². The van der Waals surface area contributed by atoms with Crippen molar-refractivity contribution < 1.29 is 17.5 Å². The van der Waals surface area contributed by atoms with E-state index < -0.39 is 15.8 Å². The number of aromatic nitrogens is 2. The molecule has 0 aliphatic carbocycles. The third-order valence-electron chi connectivity index (χ3n) is 1.97. The molecular formula is C11H10FN3O3S. The Kier molecular flexibility index (Phi) is 3.61. The molecule has 0 fully saturated rings. The Labute approximate surface area is 109 Å². The Balaban J connectivity index is 2.13. The summed E-state index contributed by atoms with van der Waals surface area (Å²) in [6.45, 7) is 0. The van der Waals surface area contributed by atoms with E-state index in [0.29, 0.717) is 0 Å². The molecule has 100 valence electrons. The van der Waals surface area contributed by atoms with Crippen LogP contribution in [0.5, 0.6) is 11.8 Å². The molecule has 0 saturated heterocycles. The van der Waals surface area contributed by atoms with Crippen molar-refractivity contribution in [3.05, 3.63) is 42.5 Å². The van der Waals surface area contributed by atoms with Crippen LogP contribution >= 0.6 is 0 Å². The molecule has 0 bridgehead atoms. The zero-order valence-electron chi connectivity index (χ0n) is 9.87. The number of hydrogen-bond acceptors (Lipinski definition) is 5. The summed E-state index contributed by atoms with van der Waals surface area (Å²) in [7, 11) is -3.39. The van der Waals surface area contributed by atoms with Crippen LogP contribution in [-0.4, -0.2) is 24.6 Å². The molecule has 1 heterocycles. The minimum atomic E-state index is -3.39. The lowest BCUT2D eigenvalue weighted by Crippen LogP contribution is -2.10. The molecule has 0 radical (unpaired) electrons. The highest BCUT2D eigenvalue weighted by Gasteiger charge is 2.07. The van der Waals surface area contributed by atoms with Gasteiger partial charge in [0.15, 0.2) is 11.6 Å². The van der Waals surface area contributed by atoms with E-state index in [2.05, 4.69) is 14.7 Å².